The van der Waals surface area contributed by atoms with Crippen LogP contribution in [0.15, 0.2) is 48.5 Å². The first-order valence-electron chi connectivity index (χ1n) is 11.1. The van der Waals surface area contributed by atoms with Crippen molar-refractivity contribution in [2.45, 2.75) is 38.0 Å². The van der Waals surface area contributed by atoms with E-state index in [-0.39, 0.29) is 37.0 Å². The number of fused-ring (bicyclic) bond motifs is 1. The number of nitrogens with two attached hydrogens (primary N) is 1. The fraction of sp³-hybridized carbons (Fsp3) is 0.269. The van der Waals surface area contributed by atoms with E-state index >= 15 is 0 Å². The molecule has 2 aromatic carbocycles. The molecule has 0 spiro atoms. The van der Waals surface area contributed by atoms with E-state index in [2.05, 4.69) is 22.0 Å². The van der Waals surface area contributed by atoms with Crippen LogP contribution in [-0.4, -0.2) is 22.6 Å². The highest BCUT2D eigenvalue weighted by molar-refractivity contribution is 6.00. The fourth-order valence-corrected chi connectivity index (χ4v) is 4.26. The van der Waals surface area contributed by atoms with Gasteiger partial charge in [0.25, 0.3) is 0 Å². The number of hydrogen-bond acceptors (Lipinski definition) is 4. The minimum absolute atomic E-state index is 0.0168. The first-order valence-corrected chi connectivity index (χ1v) is 11.1. The second-order valence-electron chi connectivity index (χ2n) is 8.59. The minimum Gasteiger partial charge on any atom is -0.382 e. The highest BCUT2D eigenvalue weighted by Gasteiger charge is 2.42. The standard InChI is InChI=1S/C26H20F6N4O/c1-15-4-10-22-16(13-15)5-8-20(19-9-6-17(25(27,28)29)14-21(19)26(30,31)32)24(37)36(22)12-2-3-18-7-11-23(33)35-34-18/h4,6-7,9-11,13-14,20H,5,8,12H2,1H3,(H2,33,35). The zero-order valence-corrected chi connectivity index (χ0v) is 19.4. The summed E-state index contributed by atoms with van der Waals surface area (Å²) >= 11 is 0. The third-order valence-electron chi connectivity index (χ3n) is 5.99. The molecule has 0 aliphatic carbocycles. The number of alkyl halides is 6. The number of aromatic nitrogens is 2. The monoisotopic (exact) mass is 518 g/mol. The highest BCUT2D eigenvalue weighted by Crippen LogP contribution is 2.42. The average Bonchev–Trinajstić information content (AvgIpc) is 2.95. The third-order valence-corrected chi connectivity index (χ3v) is 5.99. The highest BCUT2D eigenvalue weighted by atomic mass is 19.4. The Morgan fingerprint density at radius 1 is 1.00 bits per heavy atom. The summed E-state index contributed by atoms with van der Waals surface area (Å²) in [5.74, 6) is 3.70. The summed E-state index contributed by atoms with van der Waals surface area (Å²) in [6, 6.07) is 9.68. The Morgan fingerprint density at radius 3 is 2.41 bits per heavy atom. The van der Waals surface area contributed by atoms with Gasteiger partial charge in [-0.15, -0.1) is 10.2 Å². The van der Waals surface area contributed by atoms with E-state index < -0.39 is 40.9 Å². The van der Waals surface area contributed by atoms with Gasteiger partial charge in [-0.1, -0.05) is 29.7 Å². The van der Waals surface area contributed by atoms with Crippen LogP contribution < -0.4 is 10.6 Å². The topological polar surface area (TPSA) is 72.1 Å². The molecule has 1 unspecified atom stereocenters. The summed E-state index contributed by atoms with van der Waals surface area (Å²) in [6.07, 6.45) is -9.83. The van der Waals surface area contributed by atoms with E-state index in [0.29, 0.717) is 11.8 Å². The molecule has 11 heteroatoms. The average molecular weight is 518 g/mol. The Hall–Kier alpha value is -4.07. The van der Waals surface area contributed by atoms with E-state index in [9.17, 15) is 31.1 Å². The van der Waals surface area contributed by atoms with Gasteiger partial charge in [0.1, 0.15) is 11.5 Å². The summed E-state index contributed by atoms with van der Waals surface area (Å²) < 4.78 is 81.2. The van der Waals surface area contributed by atoms with Gasteiger partial charge in [-0.05, 0) is 67.1 Å². The second-order valence-corrected chi connectivity index (χ2v) is 8.59. The lowest BCUT2D eigenvalue weighted by molar-refractivity contribution is -0.143. The third kappa shape index (κ3) is 5.69. The van der Waals surface area contributed by atoms with Crippen molar-refractivity contribution in [1.82, 2.24) is 10.2 Å². The van der Waals surface area contributed by atoms with Crippen LogP contribution in [0.1, 0.15) is 45.8 Å². The number of aryl methyl sites for hydroxylation is 2. The lowest BCUT2D eigenvalue weighted by Gasteiger charge is -2.26. The van der Waals surface area contributed by atoms with Crippen LogP contribution in [0.3, 0.4) is 0 Å². The van der Waals surface area contributed by atoms with Crippen molar-refractivity contribution in [3.8, 4) is 11.8 Å². The first-order chi connectivity index (χ1) is 17.3. The molecule has 0 bridgehead atoms. The summed E-state index contributed by atoms with van der Waals surface area (Å²) in [4.78, 5) is 14.9. The van der Waals surface area contributed by atoms with Gasteiger partial charge in [-0.3, -0.25) is 9.69 Å². The Morgan fingerprint density at radius 2 is 1.76 bits per heavy atom. The maximum absolute atomic E-state index is 13.9. The van der Waals surface area contributed by atoms with E-state index in [1.54, 1.807) is 12.1 Å². The van der Waals surface area contributed by atoms with Gasteiger partial charge in [0, 0.05) is 5.69 Å². The van der Waals surface area contributed by atoms with Gasteiger partial charge >= 0.3 is 12.4 Å². The van der Waals surface area contributed by atoms with Gasteiger partial charge in [0.15, 0.2) is 0 Å². The Labute approximate surface area is 208 Å². The van der Waals surface area contributed by atoms with Crippen molar-refractivity contribution < 1.29 is 31.1 Å². The lowest BCUT2D eigenvalue weighted by Crippen LogP contribution is -2.35. The fourth-order valence-electron chi connectivity index (χ4n) is 4.26. The predicted molar refractivity (Wildman–Crippen MR) is 124 cm³/mol. The molecule has 4 rings (SSSR count). The van der Waals surface area contributed by atoms with Crippen molar-refractivity contribution >= 4 is 17.4 Å². The zero-order chi connectivity index (χ0) is 27.0. The van der Waals surface area contributed by atoms with Gasteiger partial charge < -0.3 is 5.73 Å². The van der Waals surface area contributed by atoms with Crippen LogP contribution in [0.2, 0.25) is 0 Å². The summed E-state index contributed by atoms with van der Waals surface area (Å²) in [5, 5.41) is 7.50. The maximum atomic E-state index is 13.9. The quantitative estimate of drug-likeness (QED) is 0.358. The lowest BCUT2D eigenvalue weighted by atomic mass is 9.87. The second kappa shape index (κ2) is 9.76. The molecule has 1 aliphatic rings. The molecule has 37 heavy (non-hydrogen) atoms. The van der Waals surface area contributed by atoms with Gasteiger partial charge in [0.2, 0.25) is 5.91 Å². The molecular formula is C26H20F6N4O. The van der Waals surface area contributed by atoms with E-state index in [0.717, 1.165) is 17.2 Å². The molecule has 0 fully saturated rings. The van der Waals surface area contributed by atoms with Crippen LogP contribution in [0.5, 0.6) is 0 Å². The number of carbonyl (C=O) groups is 1. The molecule has 1 atom stereocenters. The normalized spacial score (nSPS) is 16.0. The van der Waals surface area contributed by atoms with Crippen molar-refractivity contribution in [2.24, 2.45) is 0 Å². The largest absolute Gasteiger partial charge is 0.416 e. The smallest absolute Gasteiger partial charge is 0.382 e. The van der Waals surface area contributed by atoms with Gasteiger partial charge in [0.05, 0.1) is 23.6 Å². The molecule has 5 nitrogen and oxygen atoms in total. The van der Waals surface area contributed by atoms with Crippen LogP contribution in [0, 0.1) is 18.8 Å². The maximum Gasteiger partial charge on any atom is 0.416 e. The number of nitrogen functional groups attached to an aromatic ring is 1. The number of hydrogen-bond donors (Lipinski definition) is 1. The number of amides is 1. The van der Waals surface area contributed by atoms with Crippen LogP contribution >= 0.6 is 0 Å². The van der Waals surface area contributed by atoms with E-state index in [1.165, 1.54) is 17.0 Å². The molecule has 3 aromatic rings. The molecule has 192 valence electrons. The number of rotatable bonds is 2. The first kappa shape index (κ1) is 26.0. The van der Waals surface area contributed by atoms with Gasteiger partial charge in [-0.25, -0.2) is 0 Å². The van der Waals surface area contributed by atoms with Crippen LogP contribution in [0.25, 0.3) is 0 Å². The zero-order valence-electron chi connectivity index (χ0n) is 19.4. The molecule has 1 aromatic heterocycles. The molecule has 0 saturated heterocycles. The number of anilines is 2. The van der Waals surface area contributed by atoms with Crippen molar-refractivity contribution in [2.75, 3.05) is 17.2 Å². The van der Waals surface area contributed by atoms with Crippen LogP contribution in [-0.2, 0) is 23.6 Å². The van der Waals surface area contributed by atoms with E-state index in [4.69, 9.17) is 5.73 Å². The Bertz CT molecular complexity index is 1390. The summed E-state index contributed by atoms with van der Waals surface area (Å²) in [5.41, 5.74) is 4.46. The number of halogens is 6. The molecule has 0 saturated carbocycles. The molecule has 2 N–H and O–H groups in total. The van der Waals surface area contributed by atoms with Crippen LogP contribution in [0.4, 0.5) is 37.8 Å². The molecular weight excluding hydrogens is 498 g/mol. The number of carbonyl (C=O) groups excluding carboxylic acids is 1. The SMILES string of the molecule is Cc1ccc2c(c1)CCC(c1ccc(C(F)(F)F)cc1C(F)(F)F)C(=O)N2CC#Cc1ccc(N)nn1. The Kier molecular flexibility index (Phi) is 6.86. The number of nitrogens with zero attached hydrogens (tertiary/aromatic N) is 3. The molecule has 0 radical (unpaired) electrons. The predicted octanol–water partition coefficient (Wildman–Crippen LogP) is 5.52. The molecule has 1 aliphatic heterocycles. The van der Waals surface area contributed by atoms with Crippen molar-refractivity contribution in [3.05, 3.63) is 82.0 Å². The minimum atomic E-state index is -5.09. The van der Waals surface area contributed by atoms with Crippen molar-refractivity contribution in [1.29, 1.82) is 0 Å². The van der Waals surface area contributed by atoms with E-state index in [1.807, 2.05) is 13.0 Å². The van der Waals surface area contributed by atoms with Crippen molar-refractivity contribution in [3.63, 3.8) is 0 Å². The Balaban J connectivity index is 1.77. The van der Waals surface area contributed by atoms with Gasteiger partial charge in [-0.2, -0.15) is 26.3 Å². The molecule has 1 amide bonds. The summed E-state index contributed by atoms with van der Waals surface area (Å²) in [6.45, 7) is 1.66. The molecule has 2 heterocycles. The summed E-state index contributed by atoms with van der Waals surface area (Å²) in [7, 11) is 0. The number of benzene rings is 2.